The van der Waals surface area contributed by atoms with Crippen molar-refractivity contribution in [3.05, 3.63) is 57.3 Å². The zero-order valence-corrected chi connectivity index (χ0v) is 15.5. The van der Waals surface area contributed by atoms with Crippen LogP contribution >= 0.6 is 0 Å². The first kappa shape index (κ1) is 18.6. The Hall–Kier alpha value is -3.14. The van der Waals surface area contributed by atoms with Gasteiger partial charge in [-0.25, -0.2) is 0 Å². The first-order chi connectivity index (χ1) is 13.3. The summed E-state index contributed by atoms with van der Waals surface area (Å²) in [4.78, 5) is 5.77. The van der Waals surface area contributed by atoms with Crippen molar-refractivity contribution >= 4 is 33.2 Å². The molecule has 0 amide bonds. The van der Waals surface area contributed by atoms with E-state index >= 15 is 0 Å². The zero-order valence-electron chi connectivity index (χ0n) is 15.5. The summed E-state index contributed by atoms with van der Waals surface area (Å²) in [5, 5.41) is 9.47. The molecule has 0 spiro atoms. The van der Waals surface area contributed by atoms with Crippen LogP contribution in [-0.2, 0) is 6.54 Å². The maximum Gasteiger partial charge on any atom is 0.0491 e. The minimum absolute atomic E-state index is 0.581. The lowest BCUT2D eigenvalue weighted by molar-refractivity contribution is 0.571. The van der Waals surface area contributed by atoms with E-state index < -0.39 is 0 Å². The maximum absolute atomic E-state index is 8.73. The van der Waals surface area contributed by atoms with Crippen molar-refractivity contribution in [2.24, 2.45) is 10.2 Å². The SMILES string of the molecule is CCCCCCCCn1c2ccc(N=[N+]=[N-])cc2c2cc(N=[N+]=[N-])ccc21. The van der Waals surface area contributed by atoms with E-state index in [4.69, 9.17) is 11.1 Å². The van der Waals surface area contributed by atoms with Crippen LogP contribution in [0.4, 0.5) is 11.4 Å². The predicted molar refractivity (Wildman–Crippen MR) is 110 cm³/mol. The van der Waals surface area contributed by atoms with E-state index in [0.717, 1.165) is 34.8 Å². The van der Waals surface area contributed by atoms with Crippen LogP contribution in [0, 0.1) is 0 Å². The maximum atomic E-state index is 8.73. The fraction of sp³-hybridized carbons (Fsp3) is 0.400. The van der Waals surface area contributed by atoms with Gasteiger partial charge in [-0.15, -0.1) is 0 Å². The Morgan fingerprint density at radius 1 is 0.778 bits per heavy atom. The third kappa shape index (κ3) is 4.17. The smallest absolute Gasteiger partial charge is 0.0491 e. The van der Waals surface area contributed by atoms with Gasteiger partial charge in [-0.05, 0) is 41.7 Å². The molecule has 0 saturated carbocycles. The summed E-state index contributed by atoms with van der Waals surface area (Å²) < 4.78 is 2.31. The lowest BCUT2D eigenvalue weighted by Gasteiger charge is -2.08. The number of benzene rings is 2. The van der Waals surface area contributed by atoms with Crippen LogP contribution in [0.2, 0.25) is 0 Å². The largest absolute Gasteiger partial charge is 0.340 e. The highest BCUT2D eigenvalue weighted by Gasteiger charge is 2.11. The summed E-state index contributed by atoms with van der Waals surface area (Å²) in [6.45, 7) is 3.17. The first-order valence-electron chi connectivity index (χ1n) is 9.44. The summed E-state index contributed by atoms with van der Waals surface area (Å²) in [6, 6.07) is 11.5. The van der Waals surface area contributed by atoms with Crippen molar-refractivity contribution in [1.29, 1.82) is 0 Å². The second kappa shape index (κ2) is 8.99. The molecule has 0 bridgehead atoms. The molecule has 0 radical (unpaired) electrons. The monoisotopic (exact) mass is 361 g/mol. The molecule has 0 fully saturated rings. The molecule has 7 nitrogen and oxygen atoms in total. The van der Waals surface area contributed by atoms with E-state index in [2.05, 4.69) is 31.5 Å². The van der Waals surface area contributed by atoms with E-state index in [0.29, 0.717) is 11.4 Å². The van der Waals surface area contributed by atoms with Crippen molar-refractivity contribution in [3.8, 4) is 0 Å². The highest BCUT2D eigenvalue weighted by Crippen LogP contribution is 2.34. The van der Waals surface area contributed by atoms with Crippen molar-refractivity contribution in [1.82, 2.24) is 4.57 Å². The minimum atomic E-state index is 0.581. The molecule has 138 valence electrons. The molecule has 0 saturated heterocycles. The van der Waals surface area contributed by atoms with Gasteiger partial charge in [0.1, 0.15) is 0 Å². The van der Waals surface area contributed by atoms with Crippen molar-refractivity contribution in [2.45, 2.75) is 52.0 Å². The first-order valence-corrected chi connectivity index (χ1v) is 9.44. The summed E-state index contributed by atoms with van der Waals surface area (Å²) in [7, 11) is 0. The molecule has 0 aliphatic carbocycles. The molecular weight excluding hydrogens is 338 g/mol. The quantitative estimate of drug-likeness (QED) is 0.159. The topological polar surface area (TPSA) is 102 Å². The van der Waals surface area contributed by atoms with E-state index in [1.54, 1.807) is 0 Å². The number of aromatic nitrogens is 1. The molecule has 0 aliphatic rings. The standard InChI is InChI=1S/C20H23N7/c1-2-3-4-5-6-7-12-27-19-10-8-15(23-25-21)13-17(19)18-14-16(24-26-22)9-11-20(18)27/h8-11,13-14H,2-7,12H2,1H3. The molecule has 0 aliphatic heterocycles. The second-order valence-electron chi connectivity index (χ2n) is 6.70. The fourth-order valence-corrected chi connectivity index (χ4v) is 3.60. The Morgan fingerprint density at radius 3 is 1.81 bits per heavy atom. The second-order valence-corrected chi connectivity index (χ2v) is 6.70. The number of hydrogen-bond acceptors (Lipinski definition) is 2. The average Bonchev–Trinajstić information content (AvgIpc) is 2.98. The van der Waals surface area contributed by atoms with Crippen LogP contribution in [0.3, 0.4) is 0 Å². The van der Waals surface area contributed by atoms with Crippen LogP contribution < -0.4 is 0 Å². The van der Waals surface area contributed by atoms with Gasteiger partial charge in [-0.2, -0.15) is 0 Å². The van der Waals surface area contributed by atoms with E-state index in [-0.39, 0.29) is 0 Å². The van der Waals surface area contributed by atoms with Crippen LogP contribution in [0.1, 0.15) is 45.4 Å². The molecule has 0 atom stereocenters. The third-order valence-electron chi connectivity index (χ3n) is 4.89. The number of nitrogens with zero attached hydrogens (tertiary/aromatic N) is 7. The Bertz CT molecular complexity index is 962. The number of rotatable bonds is 9. The Balaban J connectivity index is 1.99. The predicted octanol–water partition coefficient (Wildman–Crippen LogP) is 8.04. The molecule has 27 heavy (non-hydrogen) atoms. The molecule has 1 heterocycles. The molecule has 1 aromatic heterocycles. The molecular formula is C20H23N7. The normalized spacial score (nSPS) is 10.7. The zero-order chi connectivity index (χ0) is 19.1. The minimum Gasteiger partial charge on any atom is -0.340 e. The van der Waals surface area contributed by atoms with Gasteiger partial charge in [0.15, 0.2) is 0 Å². The van der Waals surface area contributed by atoms with Crippen LogP contribution in [0.15, 0.2) is 46.6 Å². The number of unbranched alkanes of at least 4 members (excludes halogenated alkanes) is 5. The van der Waals surface area contributed by atoms with E-state index in [1.807, 2.05) is 36.4 Å². The van der Waals surface area contributed by atoms with Crippen molar-refractivity contribution < 1.29 is 0 Å². The Labute approximate surface area is 157 Å². The van der Waals surface area contributed by atoms with Crippen molar-refractivity contribution in [3.63, 3.8) is 0 Å². The van der Waals surface area contributed by atoms with Crippen LogP contribution in [-0.4, -0.2) is 4.57 Å². The molecule has 3 aromatic rings. The Morgan fingerprint density at radius 2 is 1.30 bits per heavy atom. The Kier molecular flexibility index (Phi) is 6.21. The van der Waals surface area contributed by atoms with Gasteiger partial charge in [0, 0.05) is 49.5 Å². The molecule has 7 heteroatoms. The van der Waals surface area contributed by atoms with Gasteiger partial charge < -0.3 is 4.57 Å². The van der Waals surface area contributed by atoms with Crippen molar-refractivity contribution in [2.75, 3.05) is 0 Å². The lowest BCUT2D eigenvalue weighted by Crippen LogP contribution is -1.97. The molecule has 2 aromatic carbocycles. The number of fused-ring (bicyclic) bond motifs is 3. The summed E-state index contributed by atoms with van der Waals surface area (Å²) in [5.41, 5.74) is 20.8. The number of aryl methyl sites for hydroxylation is 1. The molecule has 0 unspecified atom stereocenters. The van der Waals surface area contributed by atoms with Gasteiger partial charge in [0.05, 0.1) is 0 Å². The van der Waals surface area contributed by atoms with E-state index in [9.17, 15) is 0 Å². The summed E-state index contributed by atoms with van der Waals surface area (Å²) >= 11 is 0. The van der Waals surface area contributed by atoms with E-state index in [1.165, 1.54) is 32.1 Å². The summed E-state index contributed by atoms with van der Waals surface area (Å²) in [6.07, 6.45) is 7.48. The van der Waals surface area contributed by atoms with Gasteiger partial charge in [0.25, 0.3) is 0 Å². The highest BCUT2D eigenvalue weighted by atomic mass is 15.1. The molecule has 0 N–H and O–H groups in total. The lowest BCUT2D eigenvalue weighted by atomic mass is 10.1. The summed E-state index contributed by atoms with van der Waals surface area (Å²) in [5.74, 6) is 0. The average molecular weight is 361 g/mol. The highest BCUT2D eigenvalue weighted by molar-refractivity contribution is 6.09. The third-order valence-corrected chi connectivity index (χ3v) is 4.89. The fourth-order valence-electron chi connectivity index (χ4n) is 3.60. The molecule has 3 rings (SSSR count). The van der Waals surface area contributed by atoms with Crippen LogP contribution in [0.5, 0.6) is 0 Å². The van der Waals surface area contributed by atoms with Crippen LogP contribution in [0.25, 0.3) is 42.7 Å². The van der Waals surface area contributed by atoms with Gasteiger partial charge >= 0.3 is 0 Å². The van der Waals surface area contributed by atoms with Gasteiger partial charge in [-0.3, -0.25) is 0 Å². The number of hydrogen-bond donors (Lipinski definition) is 0. The van der Waals surface area contributed by atoms with Gasteiger partial charge in [-0.1, -0.05) is 61.4 Å². The number of azide groups is 2. The van der Waals surface area contributed by atoms with Gasteiger partial charge in [0.2, 0.25) is 0 Å².